The Kier molecular flexibility index (Phi) is 4.74. The summed E-state index contributed by atoms with van der Waals surface area (Å²) in [4.78, 5) is 6.62. The third-order valence-corrected chi connectivity index (χ3v) is 2.86. The number of hydrogen-bond donors (Lipinski definition) is 2. The van der Waals surface area contributed by atoms with Gasteiger partial charge in [0, 0.05) is 26.2 Å². The predicted octanol–water partition coefficient (Wildman–Crippen LogP) is 1.14. The van der Waals surface area contributed by atoms with Crippen LogP contribution in [0.5, 0.6) is 0 Å². The second-order valence-corrected chi connectivity index (χ2v) is 4.70. The van der Waals surface area contributed by atoms with E-state index in [-0.39, 0.29) is 12.4 Å². The van der Waals surface area contributed by atoms with Crippen LogP contribution >= 0.6 is 12.4 Å². The average molecular weight is 258 g/mol. The molecule has 0 atom stereocenters. The Labute approximate surface area is 108 Å². The summed E-state index contributed by atoms with van der Waals surface area (Å²) >= 11 is 0. The number of anilines is 1. The monoisotopic (exact) mass is 257 g/mol. The molecule has 2 N–H and O–H groups in total. The topological polar surface area (TPSA) is 48.4 Å². The quantitative estimate of drug-likeness (QED) is 0.834. The molecule has 96 valence electrons. The number of nitrogens with zero attached hydrogens (tertiary/aromatic N) is 2. The van der Waals surface area contributed by atoms with E-state index in [0.717, 1.165) is 31.9 Å². The number of piperazine rings is 1. The van der Waals surface area contributed by atoms with Crippen LogP contribution in [0.1, 0.15) is 19.5 Å². The molecule has 1 aromatic heterocycles. The summed E-state index contributed by atoms with van der Waals surface area (Å²) in [5, 5.41) is 13.1. The van der Waals surface area contributed by atoms with E-state index in [0.29, 0.717) is 5.69 Å². The van der Waals surface area contributed by atoms with Gasteiger partial charge in [0.05, 0.1) is 17.6 Å². The molecule has 1 fully saturated rings. The van der Waals surface area contributed by atoms with Gasteiger partial charge in [-0.25, -0.2) is 0 Å². The van der Waals surface area contributed by atoms with Gasteiger partial charge in [-0.2, -0.15) is 0 Å². The molecule has 1 aliphatic heterocycles. The highest BCUT2D eigenvalue weighted by atomic mass is 35.5. The van der Waals surface area contributed by atoms with Crippen molar-refractivity contribution < 1.29 is 5.11 Å². The van der Waals surface area contributed by atoms with Crippen molar-refractivity contribution in [2.45, 2.75) is 19.4 Å². The van der Waals surface area contributed by atoms with Crippen LogP contribution in [0.25, 0.3) is 0 Å². The molecule has 0 bridgehead atoms. The van der Waals surface area contributed by atoms with E-state index in [9.17, 15) is 5.11 Å². The largest absolute Gasteiger partial charge is 0.384 e. The zero-order chi connectivity index (χ0) is 11.6. The van der Waals surface area contributed by atoms with Crippen molar-refractivity contribution in [1.82, 2.24) is 10.3 Å². The van der Waals surface area contributed by atoms with E-state index >= 15 is 0 Å². The molecule has 0 radical (unpaired) electrons. The van der Waals surface area contributed by atoms with Crippen LogP contribution in [-0.2, 0) is 5.60 Å². The molecule has 0 saturated carbocycles. The summed E-state index contributed by atoms with van der Waals surface area (Å²) in [5.41, 5.74) is 0.989. The van der Waals surface area contributed by atoms with E-state index < -0.39 is 5.60 Å². The highest BCUT2D eigenvalue weighted by Crippen LogP contribution is 2.20. The molecule has 0 amide bonds. The molecular weight excluding hydrogens is 238 g/mol. The van der Waals surface area contributed by atoms with E-state index in [1.807, 2.05) is 18.3 Å². The first-order chi connectivity index (χ1) is 7.57. The molecule has 1 saturated heterocycles. The lowest BCUT2D eigenvalue weighted by Gasteiger charge is -2.29. The van der Waals surface area contributed by atoms with Crippen molar-refractivity contribution in [3.05, 3.63) is 24.0 Å². The van der Waals surface area contributed by atoms with Gasteiger partial charge in [0.25, 0.3) is 0 Å². The van der Waals surface area contributed by atoms with Gasteiger partial charge in [-0.1, -0.05) is 0 Å². The van der Waals surface area contributed by atoms with Gasteiger partial charge in [0.1, 0.15) is 5.60 Å². The lowest BCUT2D eigenvalue weighted by atomic mass is 10.0. The van der Waals surface area contributed by atoms with Crippen LogP contribution in [0.2, 0.25) is 0 Å². The van der Waals surface area contributed by atoms with Gasteiger partial charge in [0.15, 0.2) is 0 Å². The van der Waals surface area contributed by atoms with Crippen molar-refractivity contribution in [3.8, 4) is 0 Å². The van der Waals surface area contributed by atoms with Gasteiger partial charge in [-0.05, 0) is 26.0 Å². The Bertz CT molecular complexity index is 342. The van der Waals surface area contributed by atoms with Crippen molar-refractivity contribution in [2.24, 2.45) is 0 Å². The Morgan fingerprint density at radius 2 is 1.94 bits per heavy atom. The molecule has 5 heteroatoms. The standard InChI is InChI=1S/C12H19N3O.ClH/c1-12(2,16)11-4-3-10(9-14-11)15-7-5-13-6-8-15;/h3-4,9,13,16H,5-8H2,1-2H3;1H. The van der Waals surface area contributed by atoms with Crippen molar-refractivity contribution >= 4 is 18.1 Å². The summed E-state index contributed by atoms with van der Waals surface area (Å²) < 4.78 is 0. The SMILES string of the molecule is CC(C)(O)c1ccc(N2CCNCC2)cn1.Cl. The van der Waals surface area contributed by atoms with Gasteiger partial charge in [0.2, 0.25) is 0 Å². The minimum Gasteiger partial charge on any atom is -0.384 e. The molecule has 2 heterocycles. The van der Waals surface area contributed by atoms with Gasteiger partial charge >= 0.3 is 0 Å². The number of aromatic nitrogens is 1. The minimum absolute atomic E-state index is 0. The fraction of sp³-hybridized carbons (Fsp3) is 0.583. The maximum atomic E-state index is 9.80. The van der Waals surface area contributed by atoms with Crippen molar-refractivity contribution in [1.29, 1.82) is 0 Å². The Hall–Kier alpha value is -0.840. The maximum Gasteiger partial charge on any atom is 0.101 e. The predicted molar refractivity (Wildman–Crippen MR) is 71.8 cm³/mol. The lowest BCUT2D eigenvalue weighted by Crippen LogP contribution is -2.43. The summed E-state index contributed by atoms with van der Waals surface area (Å²) in [6.45, 7) is 7.58. The van der Waals surface area contributed by atoms with E-state index in [1.54, 1.807) is 13.8 Å². The van der Waals surface area contributed by atoms with Crippen LogP contribution in [0.3, 0.4) is 0 Å². The van der Waals surface area contributed by atoms with Crippen molar-refractivity contribution in [2.75, 3.05) is 31.1 Å². The number of rotatable bonds is 2. The second-order valence-electron chi connectivity index (χ2n) is 4.70. The van der Waals surface area contributed by atoms with Gasteiger partial charge < -0.3 is 15.3 Å². The highest BCUT2D eigenvalue weighted by molar-refractivity contribution is 5.85. The van der Waals surface area contributed by atoms with E-state index in [2.05, 4.69) is 15.2 Å². The molecule has 4 nitrogen and oxygen atoms in total. The Morgan fingerprint density at radius 1 is 1.29 bits per heavy atom. The molecule has 0 unspecified atom stereocenters. The molecular formula is C12H20ClN3O. The zero-order valence-corrected chi connectivity index (χ0v) is 11.1. The number of halogens is 1. The Morgan fingerprint density at radius 3 is 2.41 bits per heavy atom. The lowest BCUT2D eigenvalue weighted by molar-refractivity contribution is 0.0739. The molecule has 0 aliphatic carbocycles. The third-order valence-electron chi connectivity index (χ3n) is 2.86. The second kappa shape index (κ2) is 5.67. The van der Waals surface area contributed by atoms with E-state index in [1.165, 1.54) is 0 Å². The van der Waals surface area contributed by atoms with Crippen LogP contribution < -0.4 is 10.2 Å². The molecule has 17 heavy (non-hydrogen) atoms. The number of aliphatic hydroxyl groups is 1. The number of nitrogens with one attached hydrogen (secondary N) is 1. The van der Waals surface area contributed by atoms with Crippen LogP contribution in [-0.4, -0.2) is 36.3 Å². The summed E-state index contributed by atoms with van der Waals surface area (Å²) in [6.07, 6.45) is 1.85. The smallest absolute Gasteiger partial charge is 0.101 e. The molecule has 1 aromatic rings. The van der Waals surface area contributed by atoms with Crippen LogP contribution in [0.15, 0.2) is 18.3 Å². The summed E-state index contributed by atoms with van der Waals surface area (Å²) in [5.74, 6) is 0. The first-order valence-corrected chi connectivity index (χ1v) is 5.72. The minimum atomic E-state index is -0.859. The van der Waals surface area contributed by atoms with Crippen molar-refractivity contribution in [3.63, 3.8) is 0 Å². The highest BCUT2D eigenvalue weighted by Gasteiger charge is 2.18. The normalized spacial score (nSPS) is 16.5. The molecule has 1 aliphatic rings. The average Bonchev–Trinajstić information content (AvgIpc) is 2.29. The summed E-state index contributed by atoms with van der Waals surface area (Å²) in [7, 11) is 0. The number of hydrogen-bond acceptors (Lipinski definition) is 4. The first-order valence-electron chi connectivity index (χ1n) is 5.72. The zero-order valence-electron chi connectivity index (χ0n) is 10.3. The van der Waals surface area contributed by atoms with E-state index in [4.69, 9.17) is 0 Å². The third kappa shape index (κ3) is 3.56. The van der Waals surface area contributed by atoms with Crippen LogP contribution in [0.4, 0.5) is 5.69 Å². The Balaban J connectivity index is 0.00000144. The fourth-order valence-electron chi connectivity index (χ4n) is 1.86. The van der Waals surface area contributed by atoms with Crippen LogP contribution in [0, 0.1) is 0 Å². The molecule has 0 aromatic carbocycles. The van der Waals surface area contributed by atoms with Gasteiger partial charge in [-0.3, -0.25) is 4.98 Å². The number of pyridine rings is 1. The molecule has 2 rings (SSSR count). The molecule has 0 spiro atoms. The first kappa shape index (κ1) is 14.2. The van der Waals surface area contributed by atoms with Gasteiger partial charge in [-0.15, -0.1) is 12.4 Å². The maximum absolute atomic E-state index is 9.80. The summed E-state index contributed by atoms with van der Waals surface area (Å²) in [6, 6.07) is 3.93. The fourth-order valence-corrected chi connectivity index (χ4v) is 1.86.